The minimum absolute atomic E-state index is 0.0665. The number of hydrogen-bond donors (Lipinski definition) is 1. The van der Waals surface area contributed by atoms with Crippen LogP contribution in [0.25, 0.3) is 23.1 Å². The van der Waals surface area contributed by atoms with Gasteiger partial charge in [-0.15, -0.1) is 0 Å². The summed E-state index contributed by atoms with van der Waals surface area (Å²) < 4.78 is 16.7. The van der Waals surface area contributed by atoms with Crippen LogP contribution in [-0.4, -0.2) is 34.1 Å². The molecule has 0 aliphatic carbocycles. The van der Waals surface area contributed by atoms with Crippen LogP contribution >= 0.6 is 0 Å². The second-order valence-corrected chi connectivity index (χ2v) is 9.12. The molecule has 10 nitrogen and oxygen atoms in total. The van der Waals surface area contributed by atoms with E-state index in [-0.39, 0.29) is 29.3 Å². The predicted molar refractivity (Wildman–Crippen MR) is 131 cm³/mol. The zero-order valence-electron chi connectivity index (χ0n) is 20.3. The summed E-state index contributed by atoms with van der Waals surface area (Å²) in [7, 11) is 0. The summed E-state index contributed by atoms with van der Waals surface area (Å²) in [5.74, 6) is 2.01. The number of furan rings is 1. The van der Waals surface area contributed by atoms with Crippen LogP contribution in [0.1, 0.15) is 49.7 Å². The van der Waals surface area contributed by atoms with Crippen molar-refractivity contribution in [3.63, 3.8) is 0 Å². The van der Waals surface area contributed by atoms with Gasteiger partial charge in [0.1, 0.15) is 6.07 Å². The molecule has 10 heteroatoms. The Morgan fingerprint density at radius 1 is 1.17 bits per heavy atom. The fourth-order valence-electron chi connectivity index (χ4n) is 4.27. The van der Waals surface area contributed by atoms with E-state index >= 15 is 0 Å². The van der Waals surface area contributed by atoms with E-state index in [1.165, 1.54) is 6.26 Å². The molecule has 4 heterocycles. The number of anilines is 2. The molecule has 0 unspecified atom stereocenters. The van der Waals surface area contributed by atoms with Crippen molar-refractivity contribution in [2.75, 3.05) is 23.3 Å². The van der Waals surface area contributed by atoms with Crippen LogP contribution in [0.4, 0.5) is 11.6 Å². The molecule has 4 aromatic rings. The van der Waals surface area contributed by atoms with Gasteiger partial charge >= 0.3 is 0 Å². The van der Waals surface area contributed by atoms with E-state index in [2.05, 4.69) is 26.5 Å². The number of aromatic nitrogens is 3. The summed E-state index contributed by atoms with van der Waals surface area (Å²) in [5, 5.41) is 16.7. The number of oxazole rings is 1. The van der Waals surface area contributed by atoms with Gasteiger partial charge in [0, 0.05) is 24.9 Å². The molecular formula is C26H26N6O4. The third-order valence-electron chi connectivity index (χ3n) is 6.31. The second-order valence-electron chi connectivity index (χ2n) is 9.12. The molecular weight excluding hydrogens is 460 g/mol. The number of carbonyl (C=O) groups excluding carboxylic acids is 1. The van der Waals surface area contributed by atoms with Crippen molar-refractivity contribution in [2.24, 2.45) is 5.92 Å². The number of rotatable bonds is 6. The summed E-state index contributed by atoms with van der Waals surface area (Å²) >= 11 is 0. The highest BCUT2D eigenvalue weighted by atomic mass is 16.5. The molecule has 1 aromatic carbocycles. The molecule has 0 spiro atoms. The fraction of sp³-hybridized carbons (Fsp3) is 0.346. The van der Waals surface area contributed by atoms with E-state index in [0.717, 1.165) is 5.56 Å². The maximum atomic E-state index is 13.2. The Kier molecular flexibility index (Phi) is 6.29. The molecule has 3 aromatic heterocycles. The highest BCUT2D eigenvalue weighted by Crippen LogP contribution is 2.34. The van der Waals surface area contributed by atoms with E-state index < -0.39 is 0 Å². The maximum Gasteiger partial charge on any atom is 0.266 e. The first-order chi connectivity index (χ1) is 17.4. The normalized spacial score (nSPS) is 14.2. The van der Waals surface area contributed by atoms with Crippen LogP contribution in [0.2, 0.25) is 0 Å². The van der Waals surface area contributed by atoms with Crippen LogP contribution in [0.3, 0.4) is 0 Å². The summed E-state index contributed by atoms with van der Waals surface area (Å²) in [5.41, 5.74) is 2.49. The fourth-order valence-corrected chi connectivity index (χ4v) is 4.27. The van der Waals surface area contributed by atoms with Gasteiger partial charge in [0.05, 0.1) is 17.5 Å². The monoisotopic (exact) mass is 486 g/mol. The SMILES string of the molecule is Cc1cccc(-c2nc(C(C)C)no2)c1NC(=O)C1CCN(c2oc(-c3ccco3)nc2C#N)CC1. The van der Waals surface area contributed by atoms with Gasteiger partial charge in [-0.2, -0.15) is 15.2 Å². The molecule has 36 heavy (non-hydrogen) atoms. The molecule has 0 radical (unpaired) electrons. The van der Waals surface area contributed by atoms with Crippen LogP contribution in [0.5, 0.6) is 0 Å². The van der Waals surface area contributed by atoms with Crippen molar-refractivity contribution in [1.82, 2.24) is 15.1 Å². The number of amides is 1. The highest BCUT2D eigenvalue weighted by molar-refractivity contribution is 5.97. The molecule has 1 fully saturated rings. The summed E-state index contributed by atoms with van der Waals surface area (Å²) in [6.45, 7) is 7.04. The number of nitrogens with zero attached hydrogens (tertiary/aromatic N) is 5. The Morgan fingerprint density at radius 2 is 1.97 bits per heavy atom. The number of hydrogen-bond acceptors (Lipinski definition) is 9. The zero-order valence-corrected chi connectivity index (χ0v) is 20.3. The van der Waals surface area contributed by atoms with Gasteiger partial charge in [-0.25, -0.2) is 0 Å². The van der Waals surface area contributed by atoms with Gasteiger partial charge in [0.2, 0.25) is 17.5 Å². The van der Waals surface area contributed by atoms with E-state index in [1.54, 1.807) is 12.1 Å². The lowest BCUT2D eigenvalue weighted by Crippen LogP contribution is -2.38. The first-order valence-electron chi connectivity index (χ1n) is 11.9. The lowest BCUT2D eigenvalue weighted by Gasteiger charge is -2.31. The van der Waals surface area contributed by atoms with E-state index in [0.29, 0.717) is 60.5 Å². The van der Waals surface area contributed by atoms with Crippen LogP contribution in [0.15, 0.2) is 50.0 Å². The maximum absolute atomic E-state index is 13.2. The lowest BCUT2D eigenvalue weighted by molar-refractivity contribution is -0.120. The molecule has 0 atom stereocenters. The van der Waals surface area contributed by atoms with Crippen molar-refractivity contribution < 1.29 is 18.2 Å². The molecule has 5 rings (SSSR count). The largest absolute Gasteiger partial charge is 0.459 e. The molecule has 0 saturated carbocycles. The topological polar surface area (TPSA) is 134 Å². The van der Waals surface area contributed by atoms with Gasteiger partial charge in [0.15, 0.2) is 11.6 Å². The van der Waals surface area contributed by atoms with Crippen molar-refractivity contribution in [3.05, 3.63) is 53.7 Å². The second kappa shape index (κ2) is 9.70. The lowest BCUT2D eigenvalue weighted by atomic mass is 9.95. The van der Waals surface area contributed by atoms with Crippen LogP contribution in [-0.2, 0) is 4.79 Å². The number of piperidine rings is 1. The van der Waals surface area contributed by atoms with Crippen molar-refractivity contribution in [2.45, 2.75) is 39.5 Å². The third-order valence-corrected chi connectivity index (χ3v) is 6.31. The smallest absolute Gasteiger partial charge is 0.266 e. The number of nitriles is 1. The Labute approximate surface area is 207 Å². The highest BCUT2D eigenvalue weighted by Gasteiger charge is 2.30. The predicted octanol–water partition coefficient (Wildman–Crippen LogP) is 5.14. The summed E-state index contributed by atoms with van der Waals surface area (Å²) in [6.07, 6.45) is 2.73. The van der Waals surface area contributed by atoms with Gasteiger partial charge in [-0.3, -0.25) is 4.79 Å². The average Bonchev–Trinajstić information content (AvgIpc) is 3.65. The molecule has 1 aliphatic rings. The van der Waals surface area contributed by atoms with Crippen molar-refractivity contribution >= 4 is 17.5 Å². The number of carbonyl (C=O) groups is 1. The van der Waals surface area contributed by atoms with Crippen LogP contribution in [0, 0.1) is 24.2 Å². The quantitative estimate of drug-likeness (QED) is 0.393. The summed E-state index contributed by atoms with van der Waals surface area (Å²) in [6, 6.07) is 11.3. The standard InChI is InChI=1S/C26H26N6O4/c1-15(2)22-30-24(36-31-22)18-7-4-6-16(3)21(18)29-23(33)17-9-11-32(12-10-17)26-19(14-27)28-25(35-26)20-8-5-13-34-20/h4-8,13,15,17H,9-12H2,1-3H3,(H,29,33). The molecule has 184 valence electrons. The molecule has 1 amide bonds. The summed E-state index contributed by atoms with van der Waals surface area (Å²) in [4.78, 5) is 23.9. The van der Waals surface area contributed by atoms with Crippen molar-refractivity contribution in [3.8, 4) is 29.2 Å². The van der Waals surface area contributed by atoms with E-state index in [1.807, 2.05) is 43.9 Å². The van der Waals surface area contributed by atoms with Gasteiger partial charge in [-0.05, 0) is 43.5 Å². The molecule has 1 saturated heterocycles. The van der Waals surface area contributed by atoms with Crippen molar-refractivity contribution in [1.29, 1.82) is 5.26 Å². The number of aryl methyl sites for hydroxylation is 1. The molecule has 0 bridgehead atoms. The Hall–Kier alpha value is -4.39. The van der Waals surface area contributed by atoms with E-state index in [9.17, 15) is 10.1 Å². The Morgan fingerprint density at radius 3 is 2.64 bits per heavy atom. The molecule has 1 N–H and O–H groups in total. The van der Waals surface area contributed by atoms with Gasteiger partial charge < -0.3 is 23.6 Å². The first kappa shape index (κ1) is 23.4. The molecule has 1 aliphatic heterocycles. The number of para-hydroxylation sites is 1. The third kappa shape index (κ3) is 4.47. The average molecular weight is 487 g/mol. The minimum atomic E-state index is -0.194. The van der Waals surface area contributed by atoms with Crippen LogP contribution < -0.4 is 10.2 Å². The van der Waals surface area contributed by atoms with Gasteiger partial charge in [0.25, 0.3) is 11.8 Å². The number of benzene rings is 1. The minimum Gasteiger partial charge on any atom is -0.459 e. The first-order valence-corrected chi connectivity index (χ1v) is 11.9. The van der Waals surface area contributed by atoms with E-state index in [4.69, 9.17) is 13.4 Å². The van der Waals surface area contributed by atoms with Gasteiger partial charge in [-0.1, -0.05) is 31.1 Å². The Bertz CT molecular complexity index is 1400. The number of nitrogens with one attached hydrogen (secondary N) is 1. The zero-order chi connectivity index (χ0) is 25.2. The Balaban J connectivity index is 1.29.